The second kappa shape index (κ2) is 2.17. The van der Waals surface area contributed by atoms with Gasteiger partial charge in [-0.2, -0.15) is 0 Å². The van der Waals surface area contributed by atoms with Gasteiger partial charge in [0.2, 0.25) is 0 Å². The molecule has 9 heavy (non-hydrogen) atoms. The number of aromatic nitrogens is 2. The zero-order chi connectivity index (χ0) is 6.69. The van der Waals surface area contributed by atoms with Crippen molar-refractivity contribution in [2.45, 2.75) is 0 Å². The summed E-state index contributed by atoms with van der Waals surface area (Å²) in [6.45, 7) is 0. The fraction of sp³-hybridized carbons (Fsp3) is 0. The van der Waals surface area contributed by atoms with E-state index in [9.17, 15) is 5.21 Å². The molecular formula is C4H4N4O. The minimum Gasteiger partial charge on any atom is -0.691 e. The van der Waals surface area contributed by atoms with E-state index in [1.54, 1.807) is 0 Å². The first kappa shape index (κ1) is 5.61. The van der Waals surface area contributed by atoms with Gasteiger partial charge in [0.15, 0.2) is 6.20 Å². The smallest absolute Gasteiger partial charge is 0.365 e. The topological polar surface area (TPSA) is 75.7 Å². The van der Waals surface area contributed by atoms with E-state index >= 15 is 0 Å². The number of hydrogen-bond donors (Lipinski definition) is 1. The largest absolute Gasteiger partial charge is 0.691 e. The lowest BCUT2D eigenvalue weighted by Crippen LogP contribution is -1.90. The number of rotatable bonds is 1. The highest BCUT2D eigenvalue weighted by atomic mass is 16.5. The molecule has 0 aliphatic carbocycles. The van der Waals surface area contributed by atoms with Gasteiger partial charge in [0.05, 0.1) is 6.20 Å². The van der Waals surface area contributed by atoms with Crippen molar-refractivity contribution in [2.24, 2.45) is 0 Å². The molecule has 46 valence electrons. The summed E-state index contributed by atoms with van der Waals surface area (Å²) >= 11 is 0. The maximum Gasteiger partial charge on any atom is 0.365 e. The summed E-state index contributed by atoms with van der Waals surface area (Å²) in [5.41, 5.74) is 6.49. The minimum atomic E-state index is -0.0903. The van der Waals surface area contributed by atoms with E-state index in [0.717, 1.165) is 0 Å². The molecule has 0 saturated heterocycles. The van der Waals surface area contributed by atoms with Gasteiger partial charge in [0.1, 0.15) is 6.20 Å². The van der Waals surface area contributed by atoms with Crippen LogP contribution in [-0.2, 0) is 0 Å². The Morgan fingerprint density at radius 2 is 2.33 bits per heavy atom. The molecule has 0 radical (unpaired) electrons. The van der Waals surface area contributed by atoms with Gasteiger partial charge < -0.3 is 5.21 Å². The second-order valence-corrected chi connectivity index (χ2v) is 1.36. The molecule has 1 heterocycles. The van der Waals surface area contributed by atoms with Gasteiger partial charge in [0, 0.05) is 0 Å². The van der Waals surface area contributed by atoms with Gasteiger partial charge in [-0.3, -0.25) is 4.98 Å². The van der Waals surface area contributed by atoms with Crippen LogP contribution in [-0.4, -0.2) is 14.8 Å². The molecule has 5 heteroatoms. The van der Waals surface area contributed by atoms with Gasteiger partial charge >= 0.3 is 5.82 Å². The molecule has 1 N–H and O–H groups in total. The fourth-order valence-electron chi connectivity index (χ4n) is 0.396. The Bertz CT molecular complexity index is 209. The summed E-state index contributed by atoms with van der Waals surface area (Å²) in [7, 11) is 0. The lowest BCUT2D eigenvalue weighted by atomic mass is 10.7. The molecule has 0 aliphatic heterocycles. The molecule has 0 aromatic carbocycles. The predicted molar refractivity (Wildman–Crippen MR) is 28.0 cm³/mol. The molecule has 0 amide bonds. The van der Waals surface area contributed by atoms with Crippen molar-refractivity contribution in [2.75, 3.05) is 0 Å². The maximum atomic E-state index is 10.1. The predicted octanol–water partition coefficient (Wildman–Crippen LogP) is 0.649. The fourth-order valence-corrected chi connectivity index (χ4v) is 0.396. The number of nitrogens with zero attached hydrogens (tertiary/aromatic N) is 3. The lowest BCUT2D eigenvalue weighted by molar-refractivity contribution is -0.469. The quantitative estimate of drug-likeness (QED) is 0.339. The molecule has 0 saturated carbocycles. The van der Waals surface area contributed by atoms with Crippen molar-refractivity contribution in [3.8, 4) is 0 Å². The summed E-state index contributed by atoms with van der Waals surface area (Å²) in [6.07, 6.45) is 4.02. The summed E-state index contributed by atoms with van der Waals surface area (Å²) in [5.74, 6) is -0.00231. The average Bonchev–Trinajstić information content (AvgIpc) is 1.90. The molecule has 1 rings (SSSR count). The Morgan fingerprint density at radius 1 is 1.56 bits per heavy atom. The van der Waals surface area contributed by atoms with Crippen LogP contribution < -0.4 is 0 Å². The SMILES string of the molecule is N=[N+]([O-])c1cnccn1. The van der Waals surface area contributed by atoms with Crippen molar-refractivity contribution in [3.63, 3.8) is 0 Å². The van der Waals surface area contributed by atoms with Gasteiger partial charge in [-0.15, -0.1) is 10.4 Å². The first-order chi connectivity index (χ1) is 4.30. The molecule has 0 fully saturated rings. The highest BCUT2D eigenvalue weighted by molar-refractivity contribution is 5.09. The monoisotopic (exact) mass is 124 g/mol. The molecule has 0 atom stereocenters. The molecule has 1 aromatic heterocycles. The van der Waals surface area contributed by atoms with Gasteiger partial charge in [-0.05, 0) is 4.98 Å². The summed E-state index contributed by atoms with van der Waals surface area (Å²) in [5, 5.41) is 10.1. The number of hydrogen-bond acceptors (Lipinski definition) is 4. The zero-order valence-electron chi connectivity index (χ0n) is 4.48. The summed E-state index contributed by atoms with van der Waals surface area (Å²) in [6, 6.07) is 0. The van der Waals surface area contributed by atoms with E-state index in [0.29, 0.717) is 0 Å². The van der Waals surface area contributed by atoms with Gasteiger partial charge in [-0.1, -0.05) is 0 Å². The van der Waals surface area contributed by atoms with Crippen LogP contribution in [0.15, 0.2) is 18.6 Å². The van der Waals surface area contributed by atoms with E-state index < -0.39 is 0 Å². The maximum absolute atomic E-state index is 10.1. The third kappa shape index (κ3) is 1.18. The van der Waals surface area contributed by atoms with E-state index in [1.165, 1.54) is 18.6 Å². The standard InChI is InChI=1S/C4H4N4O/c5-8(9)4-3-6-1-2-7-4/h1-3,5H. The van der Waals surface area contributed by atoms with Crippen LogP contribution in [0.25, 0.3) is 0 Å². The Balaban J connectivity index is 2.98. The first-order valence-corrected chi connectivity index (χ1v) is 2.25. The van der Waals surface area contributed by atoms with E-state index in [1.807, 2.05) is 0 Å². The van der Waals surface area contributed by atoms with Crippen molar-refractivity contribution in [3.05, 3.63) is 23.8 Å². The van der Waals surface area contributed by atoms with Gasteiger partial charge in [0.25, 0.3) is 0 Å². The normalized spacial score (nSPS) is 8.89. The second-order valence-electron chi connectivity index (χ2n) is 1.36. The third-order valence-corrected chi connectivity index (χ3v) is 0.758. The van der Waals surface area contributed by atoms with E-state index in [2.05, 4.69) is 9.97 Å². The van der Waals surface area contributed by atoms with Gasteiger partial charge in [-0.25, -0.2) is 0 Å². The Kier molecular flexibility index (Phi) is 1.35. The molecule has 0 spiro atoms. The highest BCUT2D eigenvalue weighted by Crippen LogP contribution is 1.98. The summed E-state index contributed by atoms with van der Waals surface area (Å²) in [4.78, 5) is 7.03. The zero-order valence-corrected chi connectivity index (χ0v) is 4.48. The Morgan fingerprint density at radius 3 is 2.67 bits per heavy atom. The van der Waals surface area contributed by atoms with Crippen molar-refractivity contribution >= 4 is 5.82 Å². The molecule has 0 unspecified atom stereocenters. The van der Waals surface area contributed by atoms with Crippen LogP contribution in [0.4, 0.5) is 5.82 Å². The van der Waals surface area contributed by atoms with Crippen molar-refractivity contribution in [1.82, 2.24) is 9.97 Å². The van der Waals surface area contributed by atoms with E-state index in [-0.39, 0.29) is 10.7 Å². The Labute approximate surface area is 51.1 Å². The van der Waals surface area contributed by atoms with Crippen LogP contribution in [0.2, 0.25) is 0 Å². The molecular weight excluding hydrogens is 120 g/mol. The highest BCUT2D eigenvalue weighted by Gasteiger charge is 1.98. The molecule has 1 aromatic rings. The van der Waals surface area contributed by atoms with Crippen LogP contribution in [0, 0.1) is 10.7 Å². The molecule has 5 nitrogen and oxygen atoms in total. The van der Waals surface area contributed by atoms with Crippen LogP contribution in [0.3, 0.4) is 0 Å². The summed E-state index contributed by atoms with van der Waals surface area (Å²) < 4.78 is 0. The van der Waals surface area contributed by atoms with E-state index in [4.69, 9.17) is 5.53 Å². The third-order valence-electron chi connectivity index (χ3n) is 0.758. The molecule has 0 aliphatic rings. The van der Waals surface area contributed by atoms with Crippen molar-refractivity contribution < 1.29 is 4.86 Å². The average molecular weight is 124 g/mol. The van der Waals surface area contributed by atoms with Crippen LogP contribution >= 0.6 is 0 Å². The lowest BCUT2D eigenvalue weighted by Gasteiger charge is -1.94. The van der Waals surface area contributed by atoms with Crippen LogP contribution in [0.5, 0.6) is 0 Å². The number of nitrogens with one attached hydrogen (secondary N) is 1. The first-order valence-electron chi connectivity index (χ1n) is 2.25. The Hall–Kier alpha value is -1.52. The minimum absolute atomic E-state index is 0.00231. The van der Waals surface area contributed by atoms with Crippen molar-refractivity contribution in [1.29, 1.82) is 5.53 Å². The molecule has 0 bridgehead atoms. The van der Waals surface area contributed by atoms with Crippen LogP contribution in [0.1, 0.15) is 0 Å².